The van der Waals surface area contributed by atoms with Crippen LogP contribution >= 0.6 is 24.8 Å². The van der Waals surface area contributed by atoms with Crippen molar-refractivity contribution in [3.63, 3.8) is 0 Å². The second-order valence-electron chi connectivity index (χ2n) is 5.74. The molecular weight excluding hydrogens is 331 g/mol. The van der Waals surface area contributed by atoms with Gasteiger partial charge in [0.1, 0.15) is 0 Å². The molecule has 1 heterocycles. The number of piperazine rings is 1. The zero-order chi connectivity index (χ0) is 14.7. The van der Waals surface area contributed by atoms with E-state index in [1.165, 1.54) is 0 Å². The predicted octanol–water partition coefficient (Wildman–Crippen LogP) is 3.47. The van der Waals surface area contributed by atoms with Crippen LogP contribution < -0.4 is 5.32 Å². The molecule has 0 radical (unpaired) electrons. The molecule has 0 bridgehead atoms. The van der Waals surface area contributed by atoms with Gasteiger partial charge in [0, 0.05) is 44.7 Å². The highest BCUT2D eigenvalue weighted by atomic mass is 35.5. The number of nitrogens with one attached hydrogen (secondary N) is 1. The van der Waals surface area contributed by atoms with Crippen molar-refractivity contribution >= 4 is 41.4 Å². The molecule has 3 rings (SSSR count). The molecule has 0 aromatic heterocycles. The summed E-state index contributed by atoms with van der Waals surface area (Å²) in [5.74, 6) is 0.267. The van der Waals surface area contributed by atoms with Gasteiger partial charge in [0.15, 0.2) is 5.78 Å². The van der Waals surface area contributed by atoms with Gasteiger partial charge in [-0.2, -0.15) is 0 Å². The van der Waals surface area contributed by atoms with E-state index in [1.807, 2.05) is 19.1 Å². The molecule has 2 aromatic rings. The minimum absolute atomic E-state index is 0. The van der Waals surface area contributed by atoms with E-state index in [4.69, 9.17) is 0 Å². The maximum atomic E-state index is 12.7. The van der Waals surface area contributed by atoms with Crippen molar-refractivity contribution in [3.8, 4) is 0 Å². The van der Waals surface area contributed by atoms with Gasteiger partial charge in [-0.15, -0.1) is 24.8 Å². The van der Waals surface area contributed by atoms with E-state index in [-0.39, 0.29) is 30.6 Å². The summed E-state index contributed by atoms with van der Waals surface area (Å²) < 4.78 is 0. The number of aryl methyl sites for hydroxylation is 1. The average Bonchev–Trinajstić information content (AvgIpc) is 2.53. The first-order chi connectivity index (χ1) is 10.3. The molecule has 23 heavy (non-hydrogen) atoms. The summed E-state index contributed by atoms with van der Waals surface area (Å²) in [7, 11) is 0. The molecule has 1 saturated heterocycles. The van der Waals surface area contributed by atoms with Crippen molar-refractivity contribution in [3.05, 3.63) is 47.5 Å². The summed E-state index contributed by atoms with van der Waals surface area (Å²) in [5, 5.41) is 5.57. The number of Topliss-reactive ketones (excluding diaryl/α,β-unsaturated/α-hetero) is 1. The number of carbonyl (C=O) groups excluding carboxylic acids is 1. The molecule has 0 unspecified atom stereocenters. The molecule has 0 amide bonds. The Morgan fingerprint density at radius 3 is 2.52 bits per heavy atom. The first kappa shape index (κ1) is 19.9. The van der Waals surface area contributed by atoms with E-state index in [2.05, 4.69) is 34.5 Å². The van der Waals surface area contributed by atoms with Crippen molar-refractivity contribution < 1.29 is 4.79 Å². The number of hydrogen-bond donors (Lipinski definition) is 1. The molecule has 1 fully saturated rings. The fourth-order valence-electron chi connectivity index (χ4n) is 3.07. The Kier molecular flexibility index (Phi) is 8.00. The Labute approximate surface area is 150 Å². The van der Waals surface area contributed by atoms with Crippen LogP contribution in [0.4, 0.5) is 0 Å². The summed E-state index contributed by atoms with van der Waals surface area (Å²) in [4.78, 5) is 15.0. The number of halogens is 2. The molecule has 0 aliphatic carbocycles. The Bertz CT molecular complexity index is 655. The average molecular weight is 355 g/mol. The van der Waals surface area contributed by atoms with Crippen LogP contribution in [0.15, 0.2) is 36.4 Å². The standard InChI is InChI=1S/C18H22N2O.2ClH/c1-14-6-7-15-4-2-3-5-16(15)18(14)17(21)8-11-20-12-9-19-10-13-20;;/h2-7,19H,8-13H2,1H3;2*1H. The quantitative estimate of drug-likeness (QED) is 0.853. The van der Waals surface area contributed by atoms with Crippen molar-refractivity contribution in [1.82, 2.24) is 10.2 Å². The van der Waals surface area contributed by atoms with Crippen LogP contribution in [-0.2, 0) is 0 Å². The zero-order valence-electron chi connectivity index (χ0n) is 13.4. The topological polar surface area (TPSA) is 32.3 Å². The van der Waals surface area contributed by atoms with E-state index in [0.29, 0.717) is 6.42 Å². The lowest BCUT2D eigenvalue weighted by Crippen LogP contribution is -2.44. The number of benzene rings is 2. The second kappa shape index (κ2) is 9.24. The molecule has 1 aliphatic heterocycles. The number of nitrogens with zero attached hydrogens (tertiary/aromatic N) is 1. The van der Waals surface area contributed by atoms with Crippen LogP contribution in [0.1, 0.15) is 22.3 Å². The number of ketones is 1. The fourth-order valence-corrected chi connectivity index (χ4v) is 3.07. The lowest BCUT2D eigenvalue weighted by Gasteiger charge is -2.26. The van der Waals surface area contributed by atoms with Crippen LogP contribution in [0, 0.1) is 6.92 Å². The molecule has 3 nitrogen and oxygen atoms in total. The summed E-state index contributed by atoms with van der Waals surface area (Å²) in [5.41, 5.74) is 1.99. The van der Waals surface area contributed by atoms with Gasteiger partial charge in [0.25, 0.3) is 0 Å². The van der Waals surface area contributed by atoms with Gasteiger partial charge < -0.3 is 10.2 Å². The van der Waals surface area contributed by atoms with E-state index >= 15 is 0 Å². The van der Waals surface area contributed by atoms with Gasteiger partial charge in [-0.25, -0.2) is 0 Å². The Hall–Kier alpha value is -1.13. The third-order valence-electron chi connectivity index (χ3n) is 4.28. The van der Waals surface area contributed by atoms with Crippen molar-refractivity contribution in [2.24, 2.45) is 0 Å². The van der Waals surface area contributed by atoms with Gasteiger partial charge in [-0.1, -0.05) is 36.4 Å². The van der Waals surface area contributed by atoms with Crippen molar-refractivity contribution in [2.45, 2.75) is 13.3 Å². The lowest BCUT2D eigenvalue weighted by atomic mass is 9.95. The normalized spacial score (nSPS) is 14.8. The smallest absolute Gasteiger partial charge is 0.165 e. The van der Waals surface area contributed by atoms with Gasteiger partial charge in [-0.05, 0) is 23.3 Å². The minimum Gasteiger partial charge on any atom is -0.314 e. The molecule has 1 aliphatic rings. The Morgan fingerprint density at radius 2 is 1.78 bits per heavy atom. The van der Waals surface area contributed by atoms with Gasteiger partial charge >= 0.3 is 0 Å². The van der Waals surface area contributed by atoms with Gasteiger partial charge in [0.05, 0.1) is 0 Å². The molecule has 0 saturated carbocycles. The number of carbonyl (C=O) groups is 1. The van der Waals surface area contributed by atoms with E-state index in [9.17, 15) is 4.79 Å². The maximum Gasteiger partial charge on any atom is 0.165 e. The van der Waals surface area contributed by atoms with Crippen molar-refractivity contribution in [1.29, 1.82) is 0 Å². The maximum absolute atomic E-state index is 12.7. The highest BCUT2D eigenvalue weighted by molar-refractivity contribution is 6.09. The molecular formula is C18H24Cl2N2O. The monoisotopic (exact) mass is 354 g/mol. The van der Waals surface area contributed by atoms with E-state index < -0.39 is 0 Å². The zero-order valence-corrected chi connectivity index (χ0v) is 15.0. The Balaban J connectivity index is 0.00000132. The molecule has 126 valence electrons. The number of fused-ring (bicyclic) bond motifs is 1. The van der Waals surface area contributed by atoms with Crippen LogP contribution in [0.2, 0.25) is 0 Å². The Morgan fingerprint density at radius 1 is 1.09 bits per heavy atom. The molecule has 0 spiro atoms. The summed E-state index contributed by atoms with van der Waals surface area (Å²) in [6.45, 7) is 7.04. The summed E-state index contributed by atoms with van der Waals surface area (Å²) in [6.07, 6.45) is 0.606. The van der Waals surface area contributed by atoms with Crippen LogP contribution in [0.5, 0.6) is 0 Å². The van der Waals surface area contributed by atoms with Crippen molar-refractivity contribution in [2.75, 3.05) is 32.7 Å². The SMILES string of the molecule is Cc1ccc2ccccc2c1C(=O)CCN1CCNCC1.Cl.Cl. The van der Waals surface area contributed by atoms with Crippen LogP contribution in [-0.4, -0.2) is 43.4 Å². The first-order valence-corrected chi connectivity index (χ1v) is 7.70. The van der Waals surface area contributed by atoms with E-state index in [1.54, 1.807) is 0 Å². The van der Waals surface area contributed by atoms with Crippen LogP contribution in [0.25, 0.3) is 10.8 Å². The largest absolute Gasteiger partial charge is 0.314 e. The minimum atomic E-state index is 0. The first-order valence-electron chi connectivity index (χ1n) is 7.70. The predicted molar refractivity (Wildman–Crippen MR) is 101 cm³/mol. The highest BCUT2D eigenvalue weighted by Gasteiger charge is 2.15. The molecule has 1 N–H and O–H groups in total. The van der Waals surface area contributed by atoms with Crippen LogP contribution in [0.3, 0.4) is 0 Å². The third kappa shape index (κ3) is 4.67. The summed E-state index contributed by atoms with van der Waals surface area (Å²) in [6, 6.07) is 12.3. The molecule has 0 atom stereocenters. The fraction of sp³-hybridized carbons (Fsp3) is 0.389. The summed E-state index contributed by atoms with van der Waals surface area (Å²) >= 11 is 0. The highest BCUT2D eigenvalue weighted by Crippen LogP contribution is 2.23. The third-order valence-corrected chi connectivity index (χ3v) is 4.28. The molecule has 2 aromatic carbocycles. The van der Waals surface area contributed by atoms with Gasteiger partial charge in [0.2, 0.25) is 0 Å². The molecule has 5 heteroatoms. The van der Waals surface area contributed by atoms with Gasteiger partial charge in [-0.3, -0.25) is 4.79 Å². The number of hydrogen-bond acceptors (Lipinski definition) is 3. The second-order valence-corrected chi connectivity index (χ2v) is 5.74. The van der Waals surface area contributed by atoms with E-state index in [0.717, 1.165) is 54.6 Å². The number of rotatable bonds is 4. The lowest BCUT2D eigenvalue weighted by molar-refractivity contribution is 0.0961.